The second kappa shape index (κ2) is 9.11. The molecule has 21 heavy (non-hydrogen) atoms. The molecule has 0 aromatic carbocycles. The van der Waals surface area contributed by atoms with Crippen molar-refractivity contribution in [2.24, 2.45) is 5.41 Å². The first-order valence-electron chi connectivity index (χ1n) is 8.44. The van der Waals surface area contributed by atoms with Gasteiger partial charge in [-0.1, -0.05) is 32.6 Å². The Bertz CT molecular complexity index is 374. The van der Waals surface area contributed by atoms with E-state index in [1.54, 1.807) is 0 Å². The quantitative estimate of drug-likeness (QED) is 0.523. The summed E-state index contributed by atoms with van der Waals surface area (Å²) in [7, 11) is -0.798. The molecule has 0 bridgehead atoms. The van der Waals surface area contributed by atoms with E-state index in [1.165, 1.54) is 51.2 Å². The summed E-state index contributed by atoms with van der Waals surface area (Å²) >= 11 is 0. The molecule has 0 radical (unpaired) electrons. The fraction of sp³-hybridized carbons (Fsp3) is 1.00. The zero-order chi connectivity index (χ0) is 15.8. The second-order valence-corrected chi connectivity index (χ2v) is 9.22. The predicted molar refractivity (Wildman–Crippen MR) is 90.5 cm³/mol. The van der Waals surface area contributed by atoms with Gasteiger partial charge in [0.15, 0.2) is 0 Å². The van der Waals surface area contributed by atoms with Crippen LogP contribution in [-0.4, -0.2) is 58.6 Å². The molecule has 1 saturated carbocycles. The summed E-state index contributed by atoms with van der Waals surface area (Å²) in [5.74, 6) is 0.266. The number of nitrogens with one attached hydrogen (secondary N) is 1. The first-order valence-corrected chi connectivity index (χ1v) is 10.5. The highest BCUT2D eigenvalue weighted by molar-refractivity contribution is 7.90. The molecular formula is C16H34N2O2S. The summed E-state index contributed by atoms with van der Waals surface area (Å²) in [6.45, 7) is 6.01. The minimum Gasteiger partial charge on any atom is -0.316 e. The SMILES string of the molecule is CCCNCC1(CN(C)CCS(C)(=O)=O)CCCCCC1. The molecule has 4 nitrogen and oxygen atoms in total. The van der Waals surface area contributed by atoms with Crippen molar-refractivity contribution >= 4 is 9.84 Å². The van der Waals surface area contributed by atoms with Crippen molar-refractivity contribution in [2.75, 3.05) is 45.2 Å². The van der Waals surface area contributed by atoms with Gasteiger partial charge < -0.3 is 10.2 Å². The van der Waals surface area contributed by atoms with Crippen LogP contribution in [0.3, 0.4) is 0 Å². The van der Waals surface area contributed by atoms with Crippen molar-refractivity contribution in [1.29, 1.82) is 0 Å². The van der Waals surface area contributed by atoms with E-state index < -0.39 is 9.84 Å². The first kappa shape index (κ1) is 18.9. The zero-order valence-electron chi connectivity index (χ0n) is 14.2. The Labute approximate surface area is 131 Å². The van der Waals surface area contributed by atoms with E-state index in [0.29, 0.717) is 12.0 Å². The monoisotopic (exact) mass is 318 g/mol. The van der Waals surface area contributed by atoms with Gasteiger partial charge in [-0.25, -0.2) is 8.42 Å². The largest absolute Gasteiger partial charge is 0.316 e. The normalized spacial score (nSPS) is 19.6. The van der Waals surface area contributed by atoms with Crippen molar-refractivity contribution in [2.45, 2.75) is 51.9 Å². The molecule has 1 rings (SSSR count). The minimum atomic E-state index is -2.87. The lowest BCUT2D eigenvalue weighted by Gasteiger charge is -2.37. The predicted octanol–water partition coefficient (Wildman–Crippen LogP) is 2.30. The summed E-state index contributed by atoms with van der Waals surface area (Å²) in [5, 5.41) is 3.61. The van der Waals surface area contributed by atoms with Crippen LogP contribution < -0.4 is 5.32 Å². The Morgan fingerprint density at radius 2 is 1.76 bits per heavy atom. The molecule has 1 fully saturated rings. The average molecular weight is 319 g/mol. The van der Waals surface area contributed by atoms with Gasteiger partial charge >= 0.3 is 0 Å². The molecule has 0 saturated heterocycles. The van der Waals surface area contributed by atoms with Crippen molar-refractivity contribution in [3.8, 4) is 0 Å². The van der Waals surface area contributed by atoms with Crippen molar-refractivity contribution in [3.63, 3.8) is 0 Å². The fourth-order valence-electron chi connectivity index (χ4n) is 3.37. The third kappa shape index (κ3) is 8.17. The second-order valence-electron chi connectivity index (χ2n) is 6.96. The highest BCUT2D eigenvalue weighted by Crippen LogP contribution is 2.35. The van der Waals surface area contributed by atoms with Crippen LogP contribution in [-0.2, 0) is 9.84 Å². The number of sulfone groups is 1. The Morgan fingerprint density at radius 3 is 2.29 bits per heavy atom. The van der Waals surface area contributed by atoms with Gasteiger partial charge in [0.1, 0.15) is 9.84 Å². The van der Waals surface area contributed by atoms with E-state index >= 15 is 0 Å². The molecule has 0 aromatic rings. The smallest absolute Gasteiger partial charge is 0.148 e. The maximum Gasteiger partial charge on any atom is 0.148 e. The Kier molecular flexibility index (Phi) is 8.21. The third-order valence-corrected chi connectivity index (χ3v) is 5.46. The van der Waals surface area contributed by atoms with Gasteiger partial charge in [-0.3, -0.25) is 0 Å². The van der Waals surface area contributed by atoms with Crippen LogP contribution in [0.25, 0.3) is 0 Å². The summed E-state index contributed by atoms with van der Waals surface area (Å²) < 4.78 is 22.7. The first-order chi connectivity index (χ1) is 9.87. The highest BCUT2D eigenvalue weighted by Gasteiger charge is 2.31. The van der Waals surface area contributed by atoms with Gasteiger partial charge in [0.25, 0.3) is 0 Å². The maximum atomic E-state index is 11.3. The molecular weight excluding hydrogens is 284 g/mol. The molecule has 0 aliphatic heterocycles. The Hall–Kier alpha value is -0.130. The number of hydrogen-bond donors (Lipinski definition) is 1. The lowest BCUT2D eigenvalue weighted by molar-refractivity contribution is 0.151. The Morgan fingerprint density at radius 1 is 1.14 bits per heavy atom. The van der Waals surface area contributed by atoms with E-state index in [-0.39, 0.29) is 5.75 Å². The standard InChI is InChI=1S/C16H34N2O2S/c1-4-11-17-14-16(9-7-5-6-8-10-16)15-18(2)12-13-21(3,19)20/h17H,4-15H2,1-3H3. The average Bonchev–Trinajstić information content (AvgIpc) is 2.62. The topological polar surface area (TPSA) is 49.4 Å². The van der Waals surface area contributed by atoms with Gasteiger partial charge in [0, 0.05) is 25.9 Å². The van der Waals surface area contributed by atoms with Gasteiger partial charge in [-0.2, -0.15) is 0 Å². The molecule has 1 N–H and O–H groups in total. The molecule has 1 aliphatic carbocycles. The van der Waals surface area contributed by atoms with Crippen molar-refractivity contribution < 1.29 is 8.42 Å². The summed E-state index contributed by atoms with van der Waals surface area (Å²) in [5.41, 5.74) is 0.331. The molecule has 5 heteroatoms. The van der Waals surface area contributed by atoms with Crippen LogP contribution in [0, 0.1) is 5.41 Å². The molecule has 126 valence electrons. The number of nitrogens with zero attached hydrogens (tertiary/aromatic N) is 1. The van der Waals surface area contributed by atoms with E-state index in [9.17, 15) is 8.42 Å². The van der Waals surface area contributed by atoms with Crippen LogP contribution in [0.15, 0.2) is 0 Å². The van der Waals surface area contributed by atoms with Crippen molar-refractivity contribution in [1.82, 2.24) is 10.2 Å². The number of hydrogen-bond acceptors (Lipinski definition) is 4. The molecule has 0 heterocycles. The van der Waals surface area contributed by atoms with E-state index in [0.717, 1.165) is 19.6 Å². The summed E-state index contributed by atoms with van der Waals surface area (Å²) in [6, 6.07) is 0. The van der Waals surface area contributed by atoms with Gasteiger partial charge in [-0.05, 0) is 38.3 Å². The van der Waals surface area contributed by atoms with Crippen LogP contribution >= 0.6 is 0 Å². The summed E-state index contributed by atoms with van der Waals surface area (Å²) in [4.78, 5) is 2.22. The zero-order valence-corrected chi connectivity index (χ0v) is 15.0. The number of rotatable bonds is 9. The highest BCUT2D eigenvalue weighted by atomic mass is 32.2. The summed E-state index contributed by atoms with van der Waals surface area (Å²) in [6.07, 6.45) is 10.4. The van der Waals surface area contributed by atoms with E-state index in [1.807, 2.05) is 0 Å². The van der Waals surface area contributed by atoms with E-state index in [2.05, 4.69) is 24.2 Å². The molecule has 1 aliphatic rings. The maximum absolute atomic E-state index is 11.3. The molecule has 0 spiro atoms. The van der Waals surface area contributed by atoms with Crippen molar-refractivity contribution in [3.05, 3.63) is 0 Å². The van der Waals surface area contributed by atoms with Crippen LogP contribution in [0.2, 0.25) is 0 Å². The third-order valence-electron chi connectivity index (χ3n) is 4.54. The molecule has 0 amide bonds. The lowest BCUT2D eigenvalue weighted by atomic mass is 9.79. The molecule has 0 atom stereocenters. The van der Waals surface area contributed by atoms with Crippen LogP contribution in [0.5, 0.6) is 0 Å². The van der Waals surface area contributed by atoms with Gasteiger partial charge in [-0.15, -0.1) is 0 Å². The van der Waals surface area contributed by atoms with E-state index in [4.69, 9.17) is 0 Å². The minimum absolute atomic E-state index is 0.266. The fourth-order valence-corrected chi connectivity index (χ4v) is 4.02. The lowest BCUT2D eigenvalue weighted by Crippen LogP contribution is -2.44. The Balaban J connectivity index is 2.58. The van der Waals surface area contributed by atoms with Crippen LogP contribution in [0.4, 0.5) is 0 Å². The van der Waals surface area contributed by atoms with Crippen LogP contribution in [0.1, 0.15) is 51.9 Å². The molecule has 0 aromatic heterocycles. The van der Waals surface area contributed by atoms with Gasteiger partial charge in [0.2, 0.25) is 0 Å². The van der Waals surface area contributed by atoms with Gasteiger partial charge in [0.05, 0.1) is 5.75 Å². The molecule has 0 unspecified atom stereocenters.